The Hall–Kier alpha value is -2.96. The van der Waals surface area contributed by atoms with Gasteiger partial charge in [0, 0.05) is 37.3 Å². The molecule has 1 aliphatic heterocycles. The number of rotatable bonds is 3. The molecule has 0 atom stereocenters. The van der Waals surface area contributed by atoms with E-state index in [1.807, 2.05) is 36.1 Å². The molecule has 0 aliphatic carbocycles. The first kappa shape index (κ1) is 17.2. The van der Waals surface area contributed by atoms with Gasteiger partial charge in [-0.25, -0.2) is 9.50 Å². The zero-order valence-corrected chi connectivity index (χ0v) is 16.6. The topological polar surface area (TPSA) is 87.1 Å². The van der Waals surface area contributed by atoms with Crippen LogP contribution in [0.4, 0.5) is 5.13 Å². The molecule has 0 spiro atoms. The minimum absolute atomic E-state index is 0.516. The number of aryl methyl sites for hydroxylation is 1. The molecule has 8 nitrogen and oxygen atoms in total. The van der Waals surface area contributed by atoms with Gasteiger partial charge < -0.3 is 10.2 Å². The van der Waals surface area contributed by atoms with Gasteiger partial charge >= 0.3 is 0 Å². The molecule has 142 valence electrons. The molecule has 1 N–H and O–H groups in total. The number of hydrogen-bond acceptors (Lipinski definition) is 7. The van der Waals surface area contributed by atoms with E-state index in [0.717, 1.165) is 58.2 Å². The molecule has 0 unspecified atom stereocenters. The van der Waals surface area contributed by atoms with E-state index in [2.05, 4.69) is 28.4 Å². The van der Waals surface area contributed by atoms with Gasteiger partial charge in [0.15, 0.2) is 0 Å². The van der Waals surface area contributed by atoms with E-state index in [4.69, 9.17) is 10.1 Å². The number of imidazole rings is 1. The maximum Gasteiger partial charge on any atom is 0.214 e. The summed E-state index contributed by atoms with van der Waals surface area (Å²) in [6, 6.07) is 6.64. The smallest absolute Gasteiger partial charge is 0.214 e. The number of nitrogens with one attached hydrogen (secondary N) is 1. The Morgan fingerprint density at radius 3 is 2.82 bits per heavy atom. The van der Waals surface area contributed by atoms with Crippen molar-refractivity contribution in [1.82, 2.24) is 29.7 Å². The van der Waals surface area contributed by atoms with Crippen molar-refractivity contribution in [3.63, 3.8) is 0 Å². The van der Waals surface area contributed by atoms with Gasteiger partial charge in [-0.3, -0.25) is 4.68 Å². The Morgan fingerprint density at radius 2 is 2.07 bits per heavy atom. The largest absolute Gasteiger partial charge is 0.347 e. The van der Waals surface area contributed by atoms with Crippen LogP contribution in [0.1, 0.15) is 18.4 Å². The normalized spacial score (nSPS) is 15.3. The van der Waals surface area contributed by atoms with Crippen molar-refractivity contribution in [2.45, 2.75) is 18.9 Å². The molecule has 0 radical (unpaired) electrons. The van der Waals surface area contributed by atoms with Crippen LogP contribution >= 0.6 is 11.3 Å². The lowest BCUT2D eigenvalue weighted by atomic mass is 10.1. The predicted octanol–water partition coefficient (Wildman–Crippen LogP) is 2.40. The third-order valence-electron chi connectivity index (χ3n) is 5.33. The minimum atomic E-state index is 0.516. The van der Waals surface area contributed by atoms with Crippen molar-refractivity contribution in [3.05, 3.63) is 30.1 Å². The maximum absolute atomic E-state index is 9.49. The number of aromatic nitrogens is 5. The summed E-state index contributed by atoms with van der Waals surface area (Å²) < 4.78 is 3.57. The Bertz CT molecular complexity index is 1170. The fraction of sp³-hybridized carbons (Fsp3) is 0.368. The SMILES string of the molecule is CN(c1nn2cc(-c3cc(C#N)c4nn(C)cc4c3)nc2s1)C1CCNCC1. The Kier molecular flexibility index (Phi) is 4.03. The first-order valence-electron chi connectivity index (χ1n) is 9.30. The average Bonchev–Trinajstić information content (AvgIpc) is 3.39. The lowest BCUT2D eigenvalue weighted by Gasteiger charge is -2.30. The molecule has 0 bridgehead atoms. The molecule has 1 aliphatic rings. The molecule has 3 aromatic heterocycles. The van der Waals surface area contributed by atoms with Gasteiger partial charge in [0.05, 0.1) is 17.5 Å². The number of hydrogen-bond donors (Lipinski definition) is 1. The highest BCUT2D eigenvalue weighted by Gasteiger charge is 2.22. The molecule has 28 heavy (non-hydrogen) atoms. The monoisotopic (exact) mass is 392 g/mol. The fourth-order valence-corrected chi connectivity index (χ4v) is 4.73. The van der Waals surface area contributed by atoms with Gasteiger partial charge in [0.25, 0.3) is 0 Å². The standard InChI is InChI=1S/C19H20N8S/c1-25-10-14-8-12(7-13(9-20)17(14)23-25)16-11-27-18(22-16)28-19(24-27)26(2)15-3-5-21-6-4-15/h7-8,10-11,15,21H,3-6H2,1-2H3. The second-order valence-corrected chi connectivity index (χ2v) is 8.14. The van der Waals surface area contributed by atoms with E-state index in [1.165, 1.54) is 0 Å². The van der Waals surface area contributed by atoms with E-state index < -0.39 is 0 Å². The van der Waals surface area contributed by atoms with Gasteiger partial charge in [-0.1, -0.05) is 11.3 Å². The van der Waals surface area contributed by atoms with E-state index in [1.54, 1.807) is 16.0 Å². The van der Waals surface area contributed by atoms with Crippen LogP contribution in [0.3, 0.4) is 0 Å². The van der Waals surface area contributed by atoms with Crippen molar-refractivity contribution >= 4 is 32.3 Å². The maximum atomic E-state index is 9.49. The molecular weight excluding hydrogens is 372 g/mol. The summed E-state index contributed by atoms with van der Waals surface area (Å²) in [5.41, 5.74) is 3.00. The van der Waals surface area contributed by atoms with Crippen molar-refractivity contribution in [2.24, 2.45) is 7.05 Å². The molecule has 0 saturated carbocycles. The lowest BCUT2D eigenvalue weighted by Crippen LogP contribution is -2.41. The first-order valence-corrected chi connectivity index (χ1v) is 10.1. The van der Waals surface area contributed by atoms with E-state index in [9.17, 15) is 5.26 Å². The van der Waals surface area contributed by atoms with E-state index in [-0.39, 0.29) is 0 Å². The van der Waals surface area contributed by atoms with Crippen molar-refractivity contribution in [2.75, 3.05) is 25.0 Å². The first-order chi connectivity index (χ1) is 13.6. The number of benzene rings is 1. The number of nitriles is 1. The van der Waals surface area contributed by atoms with Crippen LogP contribution < -0.4 is 10.2 Å². The number of piperidine rings is 1. The van der Waals surface area contributed by atoms with Crippen LogP contribution in [0, 0.1) is 11.3 Å². The zero-order chi connectivity index (χ0) is 19.3. The highest BCUT2D eigenvalue weighted by atomic mass is 32.1. The third-order valence-corrected chi connectivity index (χ3v) is 6.34. The average molecular weight is 392 g/mol. The van der Waals surface area contributed by atoms with Crippen molar-refractivity contribution in [1.29, 1.82) is 5.26 Å². The molecule has 5 rings (SSSR count). The van der Waals surface area contributed by atoms with Crippen LogP contribution in [0.5, 0.6) is 0 Å². The predicted molar refractivity (Wildman–Crippen MR) is 110 cm³/mol. The second kappa shape index (κ2) is 6.58. The molecule has 0 amide bonds. The van der Waals surface area contributed by atoms with E-state index >= 15 is 0 Å². The summed E-state index contributed by atoms with van der Waals surface area (Å²) in [6.07, 6.45) is 6.12. The summed E-state index contributed by atoms with van der Waals surface area (Å²) in [5.74, 6) is 0. The van der Waals surface area contributed by atoms with Crippen molar-refractivity contribution in [3.8, 4) is 17.3 Å². The number of fused-ring (bicyclic) bond motifs is 2. The number of anilines is 1. The molecule has 4 aromatic rings. The van der Waals surface area contributed by atoms with Crippen LogP contribution in [-0.4, -0.2) is 50.6 Å². The van der Waals surface area contributed by atoms with Crippen LogP contribution in [-0.2, 0) is 7.05 Å². The summed E-state index contributed by atoms with van der Waals surface area (Å²) in [6.45, 7) is 2.11. The molecule has 4 heterocycles. The summed E-state index contributed by atoms with van der Waals surface area (Å²) >= 11 is 1.60. The van der Waals surface area contributed by atoms with Gasteiger partial charge in [-0.15, -0.1) is 5.10 Å². The van der Waals surface area contributed by atoms with Gasteiger partial charge in [-0.2, -0.15) is 10.4 Å². The Morgan fingerprint density at radius 1 is 1.25 bits per heavy atom. The van der Waals surface area contributed by atoms with Gasteiger partial charge in [0.1, 0.15) is 11.6 Å². The highest BCUT2D eigenvalue weighted by molar-refractivity contribution is 7.20. The Labute approximate surface area is 166 Å². The fourth-order valence-electron chi connectivity index (χ4n) is 3.81. The molecule has 1 aromatic carbocycles. The molecular formula is C19H20N8S. The van der Waals surface area contributed by atoms with Gasteiger partial charge in [0.2, 0.25) is 10.1 Å². The molecule has 9 heteroatoms. The lowest BCUT2D eigenvalue weighted by molar-refractivity contribution is 0.442. The summed E-state index contributed by atoms with van der Waals surface area (Å²) in [5, 5.41) is 23.9. The quantitative estimate of drug-likeness (QED) is 0.576. The van der Waals surface area contributed by atoms with E-state index in [0.29, 0.717) is 11.6 Å². The minimum Gasteiger partial charge on any atom is -0.347 e. The Balaban J connectivity index is 1.50. The zero-order valence-electron chi connectivity index (χ0n) is 15.8. The highest BCUT2D eigenvalue weighted by Crippen LogP contribution is 2.30. The van der Waals surface area contributed by atoms with Crippen molar-refractivity contribution < 1.29 is 0 Å². The van der Waals surface area contributed by atoms with Crippen LogP contribution in [0.15, 0.2) is 24.5 Å². The van der Waals surface area contributed by atoms with Gasteiger partial charge in [-0.05, 0) is 38.1 Å². The molecule has 1 fully saturated rings. The summed E-state index contributed by atoms with van der Waals surface area (Å²) in [7, 11) is 3.97. The third kappa shape index (κ3) is 2.82. The van der Waals surface area contributed by atoms with Crippen LogP contribution in [0.25, 0.3) is 27.1 Å². The summed E-state index contributed by atoms with van der Waals surface area (Å²) in [4.78, 5) is 7.89. The second-order valence-electron chi connectivity index (χ2n) is 7.21. The number of nitrogens with zero attached hydrogens (tertiary/aromatic N) is 7. The molecule has 1 saturated heterocycles. The van der Waals surface area contributed by atoms with Crippen LogP contribution in [0.2, 0.25) is 0 Å².